The Morgan fingerprint density at radius 1 is 1.18 bits per heavy atom. The van der Waals surface area contributed by atoms with Crippen LogP contribution in [0.25, 0.3) is 10.6 Å². The average Bonchev–Trinajstić information content (AvgIpc) is 3.09. The molecule has 1 aromatic heterocycles. The standard InChI is InChI=1S/C20H17Cl2N3O2S/c1-11-4-3-5-16(18(11)19(27)23-2)25-17(26)9-13-10-28-20(24-13)14-7-6-12(21)8-15(14)22/h3-8,10H,9H2,1-2H3,(H,23,27)(H,25,26). The van der Waals surface area contributed by atoms with Crippen LogP contribution in [0.15, 0.2) is 41.8 Å². The highest BCUT2D eigenvalue weighted by atomic mass is 35.5. The molecule has 0 saturated carbocycles. The number of hydrogen-bond acceptors (Lipinski definition) is 4. The number of benzene rings is 2. The van der Waals surface area contributed by atoms with Crippen molar-refractivity contribution in [2.45, 2.75) is 13.3 Å². The fourth-order valence-electron chi connectivity index (χ4n) is 2.73. The monoisotopic (exact) mass is 433 g/mol. The fourth-order valence-corrected chi connectivity index (χ4v) is 4.14. The van der Waals surface area contributed by atoms with Gasteiger partial charge in [0.25, 0.3) is 5.91 Å². The Bertz CT molecular complexity index is 1050. The van der Waals surface area contributed by atoms with Crippen molar-refractivity contribution in [3.63, 3.8) is 0 Å². The van der Waals surface area contributed by atoms with Gasteiger partial charge in [0.1, 0.15) is 5.01 Å². The number of aromatic nitrogens is 1. The normalized spacial score (nSPS) is 10.6. The van der Waals surface area contributed by atoms with Crippen LogP contribution in [0.3, 0.4) is 0 Å². The van der Waals surface area contributed by atoms with Crippen molar-refractivity contribution in [3.8, 4) is 10.6 Å². The summed E-state index contributed by atoms with van der Waals surface area (Å²) in [6, 6.07) is 10.5. The first kappa shape index (κ1) is 20.3. The van der Waals surface area contributed by atoms with Crippen molar-refractivity contribution < 1.29 is 9.59 Å². The third-order valence-electron chi connectivity index (χ3n) is 4.06. The van der Waals surface area contributed by atoms with Crippen LogP contribution >= 0.6 is 34.5 Å². The molecule has 144 valence electrons. The van der Waals surface area contributed by atoms with Crippen LogP contribution < -0.4 is 10.6 Å². The van der Waals surface area contributed by atoms with Crippen LogP contribution in [0.5, 0.6) is 0 Å². The van der Waals surface area contributed by atoms with E-state index in [1.54, 1.807) is 37.4 Å². The zero-order valence-corrected chi connectivity index (χ0v) is 17.5. The summed E-state index contributed by atoms with van der Waals surface area (Å²) in [5.41, 5.74) is 3.09. The third-order valence-corrected chi connectivity index (χ3v) is 5.53. The molecule has 0 aliphatic carbocycles. The predicted octanol–water partition coefficient (Wildman–Crippen LogP) is 4.97. The largest absolute Gasteiger partial charge is 0.355 e. The summed E-state index contributed by atoms with van der Waals surface area (Å²) < 4.78 is 0. The van der Waals surface area contributed by atoms with Gasteiger partial charge in [-0.25, -0.2) is 4.98 Å². The molecule has 0 aliphatic heterocycles. The van der Waals surface area contributed by atoms with E-state index in [9.17, 15) is 9.59 Å². The van der Waals surface area contributed by atoms with Crippen molar-refractivity contribution in [3.05, 3.63) is 68.6 Å². The average molecular weight is 434 g/mol. The van der Waals surface area contributed by atoms with Gasteiger partial charge in [0, 0.05) is 23.0 Å². The number of rotatable bonds is 5. The molecule has 3 rings (SSSR count). The summed E-state index contributed by atoms with van der Waals surface area (Å²) in [4.78, 5) is 29.1. The Balaban J connectivity index is 1.76. The first-order valence-electron chi connectivity index (χ1n) is 8.40. The van der Waals surface area contributed by atoms with E-state index in [-0.39, 0.29) is 18.2 Å². The SMILES string of the molecule is CNC(=O)c1c(C)cccc1NC(=O)Cc1csc(-c2ccc(Cl)cc2Cl)n1. The minimum absolute atomic E-state index is 0.0861. The number of anilines is 1. The van der Waals surface area contributed by atoms with Gasteiger partial charge in [0.15, 0.2) is 0 Å². The maximum atomic E-state index is 12.5. The molecule has 0 atom stereocenters. The molecule has 0 spiro atoms. The molecule has 3 aromatic rings. The smallest absolute Gasteiger partial charge is 0.253 e. The molecular weight excluding hydrogens is 417 g/mol. The number of carbonyl (C=O) groups is 2. The molecule has 5 nitrogen and oxygen atoms in total. The molecule has 2 amide bonds. The van der Waals surface area contributed by atoms with E-state index in [2.05, 4.69) is 15.6 Å². The summed E-state index contributed by atoms with van der Waals surface area (Å²) in [7, 11) is 1.55. The first-order valence-corrected chi connectivity index (χ1v) is 10.0. The minimum Gasteiger partial charge on any atom is -0.355 e. The van der Waals surface area contributed by atoms with Gasteiger partial charge in [-0.1, -0.05) is 35.3 Å². The molecule has 1 heterocycles. The van der Waals surface area contributed by atoms with Gasteiger partial charge in [-0.15, -0.1) is 11.3 Å². The molecule has 0 unspecified atom stereocenters. The van der Waals surface area contributed by atoms with Gasteiger partial charge in [0.2, 0.25) is 5.91 Å². The van der Waals surface area contributed by atoms with Gasteiger partial charge in [-0.2, -0.15) is 0 Å². The highest BCUT2D eigenvalue weighted by molar-refractivity contribution is 7.13. The van der Waals surface area contributed by atoms with Crippen molar-refractivity contribution in [2.75, 3.05) is 12.4 Å². The summed E-state index contributed by atoms with van der Waals surface area (Å²) in [5, 5.41) is 8.98. The Labute approximate surface area is 176 Å². The van der Waals surface area contributed by atoms with Gasteiger partial charge in [-0.3, -0.25) is 9.59 Å². The second-order valence-corrected chi connectivity index (χ2v) is 7.77. The van der Waals surface area contributed by atoms with Crippen molar-refractivity contribution in [2.24, 2.45) is 0 Å². The van der Waals surface area contributed by atoms with E-state index in [0.29, 0.717) is 32.0 Å². The maximum Gasteiger partial charge on any atom is 0.253 e. The lowest BCUT2D eigenvalue weighted by Crippen LogP contribution is -2.23. The summed E-state index contributed by atoms with van der Waals surface area (Å²) in [6.07, 6.45) is 0.0861. The summed E-state index contributed by atoms with van der Waals surface area (Å²) in [5.74, 6) is -0.503. The summed E-state index contributed by atoms with van der Waals surface area (Å²) in [6.45, 7) is 1.82. The molecular formula is C20H17Cl2N3O2S. The second kappa shape index (κ2) is 8.73. The second-order valence-electron chi connectivity index (χ2n) is 6.07. The molecule has 0 fully saturated rings. The molecule has 28 heavy (non-hydrogen) atoms. The topological polar surface area (TPSA) is 71.1 Å². The highest BCUT2D eigenvalue weighted by Gasteiger charge is 2.16. The van der Waals surface area contributed by atoms with E-state index < -0.39 is 0 Å². The Morgan fingerprint density at radius 2 is 1.96 bits per heavy atom. The van der Waals surface area contributed by atoms with E-state index in [1.165, 1.54) is 11.3 Å². The molecule has 0 saturated heterocycles. The van der Waals surface area contributed by atoms with Gasteiger partial charge in [0.05, 0.1) is 28.4 Å². The highest BCUT2D eigenvalue weighted by Crippen LogP contribution is 2.32. The predicted molar refractivity (Wildman–Crippen MR) is 114 cm³/mol. The number of aryl methyl sites for hydroxylation is 1. The van der Waals surface area contributed by atoms with E-state index >= 15 is 0 Å². The number of thiazole rings is 1. The number of nitrogens with one attached hydrogen (secondary N) is 2. The van der Waals surface area contributed by atoms with E-state index in [0.717, 1.165) is 11.1 Å². The van der Waals surface area contributed by atoms with Gasteiger partial charge in [-0.05, 0) is 36.8 Å². The zero-order valence-electron chi connectivity index (χ0n) is 15.2. The van der Waals surface area contributed by atoms with Crippen LogP contribution in [0.1, 0.15) is 21.6 Å². The van der Waals surface area contributed by atoms with Crippen LogP contribution in [-0.4, -0.2) is 23.8 Å². The quantitative estimate of drug-likeness (QED) is 0.596. The maximum absolute atomic E-state index is 12.5. The number of carbonyl (C=O) groups excluding carboxylic acids is 2. The van der Waals surface area contributed by atoms with Crippen LogP contribution in [0.4, 0.5) is 5.69 Å². The minimum atomic E-state index is -0.255. The van der Waals surface area contributed by atoms with E-state index in [4.69, 9.17) is 23.2 Å². The van der Waals surface area contributed by atoms with Gasteiger partial charge >= 0.3 is 0 Å². The third kappa shape index (κ3) is 4.52. The Morgan fingerprint density at radius 3 is 2.68 bits per heavy atom. The van der Waals surface area contributed by atoms with Crippen LogP contribution in [-0.2, 0) is 11.2 Å². The van der Waals surface area contributed by atoms with E-state index in [1.807, 2.05) is 18.4 Å². The molecule has 0 bridgehead atoms. The molecule has 8 heteroatoms. The molecule has 0 radical (unpaired) electrons. The molecule has 2 aromatic carbocycles. The lowest BCUT2D eigenvalue weighted by Gasteiger charge is -2.12. The lowest BCUT2D eigenvalue weighted by molar-refractivity contribution is -0.115. The number of nitrogens with zero attached hydrogens (tertiary/aromatic N) is 1. The Kier molecular flexibility index (Phi) is 6.34. The molecule has 2 N–H and O–H groups in total. The van der Waals surface area contributed by atoms with Crippen molar-refractivity contribution in [1.29, 1.82) is 0 Å². The summed E-state index contributed by atoms with van der Waals surface area (Å²) >= 11 is 13.6. The van der Waals surface area contributed by atoms with Crippen LogP contribution in [0.2, 0.25) is 10.0 Å². The zero-order chi connectivity index (χ0) is 20.3. The van der Waals surface area contributed by atoms with Gasteiger partial charge < -0.3 is 10.6 Å². The fraction of sp³-hybridized carbons (Fsp3) is 0.150. The number of amides is 2. The van der Waals surface area contributed by atoms with Crippen LogP contribution in [0, 0.1) is 6.92 Å². The lowest BCUT2D eigenvalue weighted by atomic mass is 10.1. The number of halogens is 2. The number of hydrogen-bond donors (Lipinski definition) is 2. The molecule has 0 aliphatic rings. The van der Waals surface area contributed by atoms with Crippen molar-refractivity contribution in [1.82, 2.24) is 10.3 Å². The van der Waals surface area contributed by atoms with Crippen molar-refractivity contribution >= 4 is 52.0 Å². The Hall–Kier alpha value is -2.41. The first-order chi connectivity index (χ1) is 13.4.